The minimum Gasteiger partial charge on any atom is -0.439 e. The lowest BCUT2D eigenvalue weighted by atomic mass is 10.5. The summed E-state index contributed by atoms with van der Waals surface area (Å²) in [4.78, 5) is 10.0. The molecule has 0 bridgehead atoms. The SMILES string of the molecule is CCC(=O)OCO. The van der Waals surface area contributed by atoms with Gasteiger partial charge in [0.1, 0.15) is 0 Å². The Morgan fingerprint density at radius 2 is 2.43 bits per heavy atom. The van der Waals surface area contributed by atoms with Gasteiger partial charge in [-0.2, -0.15) is 0 Å². The molecule has 0 unspecified atom stereocenters. The monoisotopic (exact) mass is 104 g/mol. The lowest BCUT2D eigenvalue weighted by molar-refractivity contribution is -0.151. The molecule has 0 aliphatic rings. The van der Waals surface area contributed by atoms with Crippen LogP contribution in [0, 0.1) is 0 Å². The molecule has 7 heavy (non-hydrogen) atoms. The predicted molar refractivity (Wildman–Crippen MR) is 23.5 cm³/mol. The highest BCUT2D eigenvalue weighted by molar-refractivity contribution is 5.68. The largest absolute Gasteiger partial charge is 0.439 e. The third-order valence-corrected chi connectivity index (χ3v) is 0.514. The van der Waals surface area contributed by atoms with Gasteiger partial charge in [-0.3, -0.25) is 4.79 Å². The second kappa shape index (κ2) is 3.61. The molecule has 0 saturated carbocycles. The Bertz CT molecular complexity index is 60.0. The first-order chi connectivity index (χ1) is 3.31. The summed E-state index contributed by atoms with van der Waals surface area (Å²) in [7, 11) is 0. The number of esters is 1. The number of aliphatic hydroxyl groups is 1. The molecule has 0 heterocycles. The molecule has 0 aromatic heterocycles. The van der Waals surface area contributed by atoms with Crippen LogP contribution in [0.2, 0.25) is 0 Å². The van der Waals surface area contributed by atoms with Gasteiger partial charge in [0.05, 0.1) is 0 Å². The fraction of sp³-hybridized carbons (Fsp3) is 0.750. The van der Waals surface area contributed by atoms with E-state index in [2.05, 4.69) is 4.74 Å². The maximum atomic E-state index is 10.0. The van der Waals surface area contributed by atoms with E-state index in [0.29, 0.717) is 6.42 Å². The maximum absolute atomic E-state index is 10.0. The fourth-order valence-electron chi connectivity index (χ4n) is 0.174. The van der Waals surface area contributed by atoms with E-state index in [4.69, 9.17) is 5.11 Å². The van der Waals surface area contributed by atoms with Crippen molar-refractivity contribution in [2.45, 2.75) is 13.3 Å². The minimum atomic E-state index is -0.507. The van der Waals surface area contributed by atoms with Crippen molar-refractivity contribution in [2.24, 2.45) is 0 Å². The zero-order valence-electron chi connectivity index (χ0n) is 4.18. The van der Waals surface area contributed by atoms with Crippen LogP contribution < -0.4 is 0 Å². The van der Waals surface area contributed by atoms with E-state index in [-0.39, 0.29) is 5.97 Å². The number of rotatable bonds is 2. The van der Waals surface area contributed by atoms with Crippen molar-refractivity contribution in [3.8, 4) is 0 Å². The Morgan fingerprint density at radius 1 is 1.86 bits per heavy atom. The second-order valence-corrected chi connectivity index (χ2v) is 0.999. The molecule has 0 radical (unpaired) electrons. The smallest absolute Gasteiger partial charge is 0.307 e. The highest BCUT2D eigenvalue weighted by atomic mass is 16.6. The number of ether oxygens (including phenoxy) is 1. The van der Waals surface area contributed by atoms with Crippen molar-refractivity contribution in [1.82, 2.24) is 0 Å². The van der Waals surface area contributed by atoms with E-state index in [9.17, 15) is 4.79 Å². The van der Waals surface area contributed by atoms with Crippen molar-refractivity contribution in [1.29, 1.82) is 0 Å². The molecule has 42 valence electrons. The van der Waals surface area contributed by atoms with Gasteiger partial charge >= 0.3 is 5.97 Å². The normalized spacial score (nSPS) is 8.29. The molecule has 0 fully saturated rings. The van der Waals surface area contributed by atoms with Gasteiger partial charge < -0.3 is 9.84 Å². The van der Waals surface area contributed by atoms with Crippen molar-refractivity contribution in [3.05, 3.63) is 0 Å². The Labute approximate surface area is 41.9 Å². The Balaban J connectivity index is 3.00. The Kier molecular flexibility index (Phi) is 3.32. The fourth-order valence-corrected chi connectivity index (χ4v) is 0.174. The van der Waals surface area contributed by atoms with Crippen molar-refractivity contribution in [3.63, 3.8) is 0 Å². The number of aliphatic hydroxyl groups excluding tert-OH is 1. The second-order valence-electron chi connectivity index (χ2n) is 0.999. The van der Waals surface area contributed by atoms with Crippen LogP contribution in [0.3, 0.4) is 0 Å². The molecule has 3 heteroatoms. The van der Waals surface area contributed by atoms with Gasteiger partial charge in [0.2, 0.25) is 0 Å². The molecule has 0 amide bonds. The summed E-state index contributed by atoms with van der Waals surface area (Å²) in [5.41, 5.74) is 0. The Morgan fingerprint density at radius 3 is 2.57 bits per heavy atom. The molecule has 0 rings (SSSR count). The average Bonchev–Trinajstić information content (AvgIpc) is 1.68. The summed E-state index contributed by atoms with van der Waals surface area (Å²) < 4.78 is 4.11. The maximum Gasteiger partial charge on any atom is 0.307 e. The van der Waals surface area contributed by atoms with Crippen LogP contribution >= 0.6 is 0 Å². The lowest BCUT2D eigenvalue weighted by Gasteiger charge is -1.92. The van der Waals surface area contributed by atoms with Gasteiger partial charge in [-0.25, -0.2) is 0 Å². The summed E-state index contributed by atoms with van der Waals surface area (Å²) in [6.45, 7) is 1.16. The van der Waals surface area contributed by atoms with Gasteiger partial charge in [0, 0.05) is 6.42 Å². The highest BCUT2D eigenvalue weighted by Gasteiger charge is 1.91. The third-order valence-electron chi connectivity index (χ3n) is 0.514. The first kappa shape index (κ1) is 6.43. The molecular formula is C4H8O3. The van der Waals surface area contributed by atoms with Gasteiger partial charge in [0.25, 0.3) is 0 Å². The van der Waals surface area contributed by atoms with Crippen LogP contribution in [0.1, 0.15) is 13.3 Å². The van der Waals surface area contributed by atoms with Crippen LogP contribution in [-0.2, 0) is 9.53 Å². The number of hydrogen-bond donors (Lipinski definition) is 1. The standard InChI is InChI=1S/C4H8O3/c1-2-4(6)7-3-5/h5H,2-3H2,1H3. The predicted octanol–water partition coefficient (Wildman–Crippen LogP) is -0.111. The molecule has 0 aliphatic heterocycles. The van der Waals surface area contributed by atoms with Gasteiger partial charge in [-0.05, 0) is 0 Å². The van der Waals surface area contributed by atoms with Crippen LogP contribution in [0.15, 0.2) is 0 Å². The summed E-state index contributed by atoms with van der Waals surface area (Å²) in [6, 6.07) is 0. The highest BCUT2D eigenvalue weighted by Crippen LogP contribution is 1.79. The van der Waals surface area contributed by atoms with E-state index in [1.54, 1.807) is 6.92 Å². The number of carbonyl (C=O) groups is 1. The van der Waals surface area contributed by atoms with Crippen molar-refractivity contribution in [2.75, 3.05) is 6.79 Å². The number of carbonyl (C=O) groups excluding carboxylic acids is 1. The first-order valence-electron chi connectivity index (χ1n) is 2.07. The van der Waals surface area contributed by atoms with E-state index in [0.717, 1.165) is 0 Å². The van der Waals surface area contributed by atoms with E-state index in [1.165, 1.54) is 0 Å². The lowest BCUT2D eigenvalue weighted by Crippen LogP contribution is -2.01. The molecule has 0 spiro atoms. The van der Waals surface area contributed by atoms with Crippen LogP contribution in [-0.4, -0.2) is 17.9 Å². The molecule has 1 N–H and O–H groups in total. The molecule has 0 aromatic rings. The van der Waals surface area contributed by atoms with E-state index < -0.39 is 6.79 Å². The van der Waals surface area contributed by atoms with E-state index in [1.807, 2.05) is 0 Å². The quantitative estimate of drug-likeness (QED) is 0.392. The van der Waals surface area contributed by atoms with Crippen molar-refractivity contribution >= 4 is 5.97 Å². The van der Waals surface area contributed by atoms with Gasteiger partial charge in [-0.15, -0.1) is 0 Å². The summed E-state index contributed by atoms with van der Waals surface area (Å²) in [6.07, 6.45) is 0.320. The van der Waals surface area contributed by atoms with Crippen LogP contribution in [0.5, 0.6) is 0 Å². The minimum absolute atomic E-state index is 0.320. The Hall–Kier alpha value is -0.570. The molecule has 0 saturated heterocycles. The average molecular weight is 104 g/mol. The molecule has 3 nitrogen and oxygen atoms in total. The molecule has 0 aromatic carbocycles. The summed E-state index contributed by atoms with van der Waals surface area (Å²) >= 11 is 0. The summed E-state index contributed by atoms with van der Waals surface area (Å²) in [5, 5.41) is 7.92. The first-order valence-corrected chi connectivity index (χ1v) is 2.07. The molecular weight excluding hydrogens is 96.0 g/mol. The van der Waals surface area contributed by atoms with Crippen LogP contribution in [0.4, 0.5) is 0 Å². The zero-order chi connectivity index (χ0) is 5.70. The van der Waals surface area contributed by atoms with Gasteiger partial charge in [0.15, 0.2) is 6.79 Å². The third kappa shape index (κ3) is 3.26. The molecule has 0 aliphatic carbocycles. The topological polar surface area (TPSA) is 46.5 Å². The summed E-state index contributed by atoms with van der Waals surface area (Å²) in [5.74, 6) is -0.373. The number of hydrogen-bond acceptors (Lipinski definition) is 3. The van der Waals surface area contributed by atoms with Gasteiger partial charge in [-0.1, -0.05) is 6.92 Å². The zero-order valence-corrected chi connectivity index (χ0v) is 4.18. The van der Waals surface area contributed by atoms with Crippen LogP contribution in [0.25, 0.3) is 0 Å². The van der Waals surface area contributed by atoms with Crippen molar-refractivity contribution < 1.29 is 14.6 Å². The van der Waals surface area contributed by atoms with E-state index >= 15 is 0 Å². The molecule has 0 atom stereocenters.